The lowest BCUT2D eigenvalue weighted by atomic mass is 10.0. The number of halogens is 2. The minimum Gasteiger partial charge on any atom is -0.496 e. The van der Waals surface area contributed by atoms with Crippen molar-refractivity contribution in [2.45, 2.75) is 25.3 Å². The molecule has 0 aromatic heterocycles. The number of carbonyl (C=O) groups excluding carboxylic acids is 1. The van der Waals surface area contributed by atoms with Crippen LogP contribution >= 0.6 is 27.5 Å². The first-order chi connectivity index (χ1) is 9.17. The Balaban J connectivity index is 2.27. The molecule has 1 saturated heterocycles. The van der Waals surface area contributed by atoms with Crippen molar-refractivity contribution in [3.63, 3.8) is 0 Å². The second-order valence-corrected chi connectivity index (χ2v) is 5.73. The summed E-state index contributed by atoms with van der Waals surface area (Å²) in [6.07, 6.45) is 3.29. The maximum absolute atomic E-state index is 12.6. The highest BCUT2D eigenvalue weighted by Crippen LogP contribution is 2.27. The molecule has 104 valence electrons. The van der Waals surface area contributed by atoms with Gasteiger partial charge in [-0.25, -0.2) is 0 Å². The summed E-state index contributed by atoms with van der Waals surface area (Å²) in [7, 11) is 1.56. The summed E-state index contributed by atoms with van der Waals surface area (Å²) in [6.45, 7) is 0.806. The first-order valence-electron chi connectivity index (χ1n) is 6.38. The van der Waals surface area contributed by atoms with E-state index in [1.807, 2.05) is 4.90 Å². The first kappa shape index (κ1) is 14.7. The van der Waals surface area contributed by atoms with Gasteiger partial charge in [-0.2, -0.15) is 0 Å². The normalized spacial score (nSPS) is 19.3. The molecule has 3 nitrogen and oxygen atoms in total. The fraction of sp³-hybridized carbons (Fsp3) is 0.500. The predicted molar refractivity (Wildman–Crippen MR) is 80.5 cm³/mol. The van der Waals surface area contributed by atoms with E-state index in [4.69, 9.17) is 16.3 Å². The number of piperidine rings is 1. The van der Waals surface area contributed by atoms with Crippen molar-refractivity contribution in [2.24, 2.45) is 0 Å². The Hall–Kier alpha value is -0.740. The van der Waals surface area contributed by atoms with Gasteiger partial charge in [0.25, 0.3) is 5.91 Å². The summed E-state index contributed by atoms with van der Waals surface area (Å²) >= 11 is 9.42. The molecule has 1 heterocycles. The molecular formula is C14H17BrClNO2. The summed E-state index contributed by atoms with van der Waals surface area (Å²) < 4.78 is 5.26. The van der Waals surface area contributed by atoms with Crippen LogP contribution in [0.2, 0.25) is 5.02 Å². The number of hydrogen-bond acceptors (Lipinski definition) is 2. The number of alkyl halides is 1. The number of rotatable bonds is 3. The number of benzene rings is 1. The number of methoxy groups -OCH3 is 1. The van der Waals surface area contributed by atoms with Crippen LogP contribution < -0.4 is 4.74 Å². The van der Waals surface area contributed by atoms with Crippen LogP contribution in [0.1, 0.15) is 29.6 Å². The van der Waals surface area contributed by atoms with Crippen molar-refractivity contribution in [1.29, 1.82) is 0 Å². The third kappa shape index (κ3) is 3.23. The van der Waals surface area contributed by atoms with E-state index in [1.165, 1.54) is 6.42 Å². The summed E-state index contributed by atoms with van der Waals surface area (Å²) in [5, 5.41) is 1.39. The Kier molecular flexibility index (Phi) is 5.11. The highest BCUT2D eigenvalue weighted by atomic mass is 79.9. The molecule has 1 aliphatic heterocycles. The SMILES string of the molecule is COc1cc(Cl)ccc1C(=O)N1CCCCC1CBr. The van der Waals surface area contributed by atoms with Crippen LogP contribution in [0.25, 0.3) is 0 Å². The molecule has 0 radical (unpaired) electrons. The summed E-state index contributed by atoms with van der Waals surface area (Å²) in [4.78, 5) is 14.6. The summed E-state index contributed by atoms with van der Waals surface area (Å²) in [5.74, 6) is 0.564. The van der Waals surface area contributed by atoms with Gasteiger partial charge in [-0.15, -0.1) is 0 Å². The zero-order chi connectivity index (χ0) is 13.8. The van der Waals surface area contributed by atoms with Gasteiger partial charge in [0.2, 0.25) is 0 Å². The highest BCUT2D eigenvalue weighted by molar-refractivity contribution is 9.09. The molecule has 0 saturated carbocycles. The molecule has 1 aliphatic rings. The van der Waals surface area contributed by atoms with Crippen LogP contribution in [0.15, 0.2) is 18.2 Å². The Morgan fingerprint density at radius 2 is 2.32 bits per heavy atom. The average Bonchev–Trinajstić information content (AvgIpc) is 2.46. The van der Waals surface area contributed by atoms with Crippen molar-refractivity contribution in [3.05, 3.63) is 28.8 Å². The second-order valence-electron chi connectivity index (χ2n) is 4.65. The maximum Gasteiger partial charge on any atom is 0.257 e. The van der Waals surface area contributed by atoms with E-state index < -0.39 is 0 Å². The van der Waals surface area contributed by atoms with Crippen molar-refractivity contribution in [1.82, 2.24) is 4.90 Å². The third-order valence-corrected chi connectivity index (χ3v) is 4.44. The van der Waals surface area contributed by atoms with E-state index >= 15 is 0 Å². The number of nitrogens with zero attached hydrogens (tertiary/aromatic N) is 1. The molecule has 1 unspecified atom stereocenters. The zero-order valence-electron chi connectivity index (χ0n) is 10.9. The molecule has 1 atom stereocenters. The molecule has 0 N–H and O–H groups in total. The van der Waals surface area contributed by atoms with Crippen LogP contribution in [0.5, 0.6) is 5.75 Å². The lowest BCUT2D eigenvalue weighted by Gasteiger charge is -2.35. The molecule has 1 aromatic rings. The lowest BCUT2D eigenvalue weighted by molar-refractivity contribution is 0.0638. The second kappa shape index (κ2) is 6.62. The van der Waals surface area contributed by atoms with Crippen LogP contribution in [0, 0.1) is 0 Å². The largest absolute Gasteiger partial charge is 0.496 e. The Morgan fingerprint density at radius 3 is 3.00 bits per heavy atom. The van der Waals surface area contributed by atoms with E-state index in [0.29, 0.717) is 16.3 Å². The minimum atomic E-state index is 0.0256. The smallest absolute Gasteiger partial charge is 0.257 e. The predicted octanol–water partition coefficient (Wildman–Crippen LogP) is 3.74. The first-order valence-corrected chi connectivity index (χ1v) is 7.87. The van der Waals surface area contributed by atoms with E-state index in [9.17, 15) is 4.79 Å². The van der Waals surface area contributed by atoms with Gasteiger partial charge < -0.3 is 9.64 Å². The van der Waals surface area contributed by atoms with Crippen LogP contribution in [-0.2, 0) is 0 Å². The fourth-order valence-corrected chi connectivity index (χ4v) is 3.26. The molecule has 1 aromatic carbocycles. The fourth-order valence-electron chi connectivity index (χ4n) is 2.42. The van der Waals surface area contributed by atoms with Crippen molar-refractivity contribution >= 4 is 33.4 Å². The Labute approximate surface area is 127 Å². The topological polar surface area (TPSA) is 29.5 Å². The van der Waals surface area contributed by atoms with E-state index in [2.05, 4.69) is 15.9 Å². The van der Waals surface area contributed by atoms with Gasteiger partial charge in [-0.3, -0.25) is 4.79 Å². The number of amides is 1. The van der Waals surface area contributed by atoms with Gasteiger partial charge in [0.15, 0.2) is 0 Å². The van der Waals surface area contributed by atoms with Crippen LogP contribution in [0.4, 0.5) is 0 Å². The maximum atomic E-state index is 12.6. The van der Waals surface area contributed by atoms with Gasteiger partial charge in [-0.05, 0) is 37.5 Å². The van der Waals surface area contributed by atoms with Gasteiger partial charge in [0, 0.05) is 22.9 Å². The van der Waals surface area contributed by atoms with Crippen molar-refractivity contribution in [3.8, 4) is 5.75 Å². The molecule has 2 rings (SSSR count). The van der Waals surface area contributed by atoms with Gasteiger partial charge in [-0.1, -0.05) is 27.5 Å². The standard InChI is InChI=1S/C14H17BrClNO2/c1-19-13-8-10(16)5-6-12(13)14(18)17-7-3-2-4-11(17)9-15/h5-6,8,11H,2-4,7,9H2,1H3. The molecule has 5 heteroatoms. The van der Waals surface area contributed by atoms with Crippen LogP contribution in [-0.4, -0.2) is 35.8 Å². The highest BCUT2D eigenvalue weighted by Gasteiger charge is 2.28. The van der Waals surface area contributed by atoms with E-state index in [1.54, 1.807) is 25.3 Å². The van der Waals surface area contributed by atoms with Crippen LogP contribution in [0.3, 0.4) is 0 Å². The number of ether oxygens (including phenoxy) is 1. The van der Waals surface area contributed by atoms with E-state index in [-0.39, 0.29) is 11.9 Å². The van der Waals surface area contributed by atoms with E-state index in [0.717, 1.165) is 24.7 Å². The lowest BCUT2D eigenvalue weighted by Crippen LogP contribution is -2.44. The Morgan fingerprint density at radius 1 is 1.53 bits per heavy atom. The summed E-state index contributed by atoms with van der Waals surface area (Å²) in [5.41, 5.74) is 0.583. The van der Waals surface area contributed by atoms with Gasteiger partial charge >= 0.3 is 0 Å². The molecule has 19 heavy (non-hydrogen) atoms. The molecule has 0 bridgehead atoms. The minimum absolute atomic E-state index is 0.0256. The van der Waals surface area contributed by atoms with Crippen molar-refractivity contribution < 1.29 is 9.53 Å². The molecule has 1 amide bonds. The quantitative estimate of drug-likeness (QED) is 0.780. The van der Waals surface area contributed by atoms with Crippen molar-refractivity contribution in [2.75, 3.05) is 19.0 Å². The average molecular weight is 347 g/mol. The van der Waals surface area contributed by atoms with Gasteiger partial charge in [0.05, 0.1) is 12.7 Å². The number of hydrogen-bond donors (Lipinski definition) is 0. The molecule has 1 fully saturated rings. The summed E-state index contributed by atoms with van der Waals surface area (Å²) in [6, 6.07) is 5.41. The number of carbonyl (C=O) groups is 1. The molecule has 0 aliphatic carbocycles. The zero-order valence-corrected chi connectivity index (χ0v) is 13.2. The molecule has 0 spiro atoms. The molecular weight excluding hydrogens is 330 g/mol. The third-order valence-electron chi connectivity index (χ3n) is 3.46. The Bertz CT molecular complexity index is 467. The van der Waals surface area contributed by atoms with Gasteiger partial charge in [0.1, 0.15) is 5.75 Å². The monoisotopic (exact) mass is 345 g/mol. The number of likely N-dealkylation sites (tertiary alicyclic amines) is 1.